The average molecular weight is 453 g/mol. The first-order valence-electron chi connectivity index (χ1n) is 12.0. The van der Waals surface area contributed by atoms with Crippen molar-refractivity contribution in [2.75, 3.05) is 26.4 Å². The molecule has 0 unspecified atom stereocenters. The minimum absolute atomic E-state index is 0. The van der Waals surface area contributed by atoms with Gasteiger partial charge in [0.25, 0.3) is 0 Å². The quantitative estimate of drug-likeness (QED) is 0.264. The summed E-state index contributed by atoms with van der Waals surface area (Å²) < 4.78 is 0. The average Bonchev–Trinajstić information content (AvgIpc) is 2.71. The van der Waals surface area contributed by atoms with E-state index in [4.69, 9.17) is 0 Å². The Labute approximate surface area is 198 Å². The topological polar surface area (TPSA) is 92.2 Å². The van der Waals surface area contributed by atoms with E-state index in [2.05, 4.69) is 27.7 Å². The Morgan fingerprint density at radius 1 is 0.310 bits per heavy atom. The van der Waals surface area contributed by atoms with Gasteiger partial charge in [-0.15, -0.1) is 26.4 Å². The molecule has 29 heavy (non-hydrogen) atoms. The summed E-state index contributed by atoms with van der Waals surface area (Å²) in [4.78, 5) is 0. The van der Waals surface area contributed by atoms with Crippen LogP contribution in [0.3, 0.4) is 0 Å². The normalized spacial score (nSPS) is 9.10. The summed E-state index contributed by atoms with van der Waals surface area (Å²) in [5, 5.41) is 39.2. The molecular formula is C24H52O4Ti. The summed E-state index contributed by atoms with van der Waals surface area (Å²) in [5.74, 6) is 0. The van der Waals surface area contributed by atoms with E-state index in [0.29, 0.717) is 0 Å². The Morgan fingerprint density at radius 3 is 0.586 bits per heavy atom. The van der Waals surface area contributed by atoms with Crippen molar-refractivity contribution >= 4 is 0 Å². The van der Waals surface area contributed by atoms with Crippen molar-refractivity contribution in [3.63, 3.8) is 0 Å². The first-order valence-corrected chi connectivity index (χ1v) is 12.0. The summed E-state index contributed by atoms with van der Waals surface area (Å²) in [6, 6.07) is 0. The zero-order valence-corrected chi connectivity index (χ0v) is 21.8. The van der Waals surface area contributed by atoms with Crippen LogP contribution in [0.25, 0.3) is 0 Å². The van der Waals surface area contributed by atoms with Crippen LogP contribution in [-0.2, 0) is 21.7 Å². The molecule has 0 aliphatic carbocycles. The van der Waals surface area contributed by atoms with Crippen LogP contribution < -0.4 is 20.4 Å². The number of unbranched alkanes of at least 4 members (excludes halogenated alkanes) is 12. The molecule has 0 bridgehead atoms. The van der Waals surface area contributed by atoms with Crippen LogP contribution in [-0.4, -0.2) is 26.4 Å². The Morgan fingerprint density at radius 2 is 0.483 bits per heavy atom. The monoisotopic (exact) mass is 452 g/mol. The van der Waals surface area contributed by atoms with Crippen LogP contribution in [0.15, 0.2) is 0 Å². The SMILES string of the molecule is CCCCCC[O-].CCCCCC[O-].CCCCCC[O-].CCCCCC[O-].[Ti+4]. The van der Waals surface area contributed by atoms with Gasteiger partial charge in [0, 0.05) is 0 Å². The van der Waals surface area contributed by atoms with Gasteiger partial charge in [-0.25, -0.2) is 0 Å². The second-order valence-electron chi connectivity index (χ2n) is 7.06. The maximum Gasteiger partial charge on any atom is 4.00 e. The second-order valence-corrected chi connectivity index (χ2v) is 7.06. The van der Waals surface area contributed by atoms with Crippen molar-refractivity contribution in [3.8, 4) is 0 Å². The van der Waals surface area contributed by atoms with Crippen molar-refractivity contribution in [3.05, 3.63) is 0 Å². The fourth-order valence-electron chi connectivity index (χ4n) is 2.12. The summed E-state index contributed by atoms with van der Waals surface area (Å²) in [6.45, 7) is 9.02. The van der Waals surface area contributed by atoms with Gasteiger partial charge in [-0.3, -0.25) is 0 Å². The van der Waals surface area contributed by atoms with Gasteiger partial charge in [0.15, 0.2) is 0 Å². The summed E-state index contributed by atoms with van der Waals surface area (Å²) in [6.07, 6.45) is 17.8. The van der Waals surface area contributed by atoms with Crippen LogP contribution in [0.5, 0.6) is 0 Å². The van der Waals surface area contributed by atoms with E-state index >= 15 is 0 Å². The minimum atomic E-state index is 0. The second kappa shape index (κ2) is 51.3. The Kier molecular flexibility index (Phi) is 70.7. The molecule has 176 valence electrons. The van der Waals surface area contributed by atoms with Gasteiger partial charge >= 0.3 is 21.7 Å². The van der Waals surface area contributed by atoms with Crippen molar-refractivity contribution in [1.82, 2.24) is 0 Å². The molecule has 0 atom stereocenters. The molecule has 0 aromatic heterocycles. The number of hydrogen-bond donors (Lipinski definition) is 0. The Hall–Kier alpha value is 0.554. The van der Waals surface area contributed by atoms with Crippen molar-refractivity contribution < 1.29 is 42.1 Å². The molecule has 5 heteroatoms. The first-order chi connectivity index (χ1) is 13.7. The van der Waals surface area contributed by atoms with Gasteiger partial charge in [-0.2, -0.15) is 0 Å². The predicted molar refractivity (Wildman–Crippen MR) is 116 cm³/mol. The van der Waals surface area contributed by atoms with Gasteiger partial charge in [-0.05, 0) is 0 Å². The van der Waals surface area contributed by atoms with E-state index in [1.54, 1.807) is 0 Å². The van der Waals surface area contributed by atoms with E-state index in [-0.39, 0.29) is 48.1 Å². The Balaban J connectivity index is -0.0000000873. The molecule has 0 rings (SSSR count). The van der Waals surface area contributed by atoms with E-state index < -0.39 is 0 Å². The smallest absolute Gasteiger partial charge is 0.854 e. The maximum absolute atomic E-state index is 9.80. The van der Waals surface area contributed by atoms with Crippen molar-refractivity contribution in [2.45, 2.75) is 130 Å². The van der Waals surface area contributed by atoms with Gasteiger partial charge < -0.3 is 20.4 Å². The maximum atomic E-state index is 9.80. The third-order valence-electron chi connectivity index (χ3n) is 3.99. The third-order valence-corrected chi connectivity index (χ3v) is 3.99. The fraction of sp³-hybridized carbons (Fsp3) is 1.00. The molecule has 0 spiro atoms. The van der Waals surface area contributed by atoms with Crippen LogP contribution >= 0.6 is 0 Å². The van der Waals surface area contributed by atoms with Gasteiger partial charge in [0.1, 0.15) is 0 Å². The zero-order valence-electron chi connectivity index (χ0n) is 20.3. The van der Waals surface area contributed by atoms with Gasteiger partial charge in [0.05, 0.1) is 0 Å². The molecule has 4 nitrogen and oxygen atoms in total. The first kappa shape index (κ1) is 40.0. The largest absolute Gasteiger partial charge is 4.00 e. The van der Waals surface area contributed by atoms with Crippen LogP contribution in [0.1, 0.15) is 130 Å². The molecule has 0 aromatic carbocycles. The van der Waals surface area contributed by atoms with Crippen LogP contribution in [0.4, 0.5) is 0 Å². The zero-order chi connectivity index (χ0) is 22.1. The number of rotatable bonds is 16. The number of hydrogen-bond acceptors (Lipinski definition) is 4. The molecule has 0 aliphatic rings. The third kappa shape index (κ3) is 73.5. The molecule has 0 fully saturated rings. The van der Waals surface area contributed by atoms with Crippen molar-refractivity contribution in [1.29, 1.82) is 0 Å². The standard InChI is InChI=1S/4C6H13O.Ti/c4*1-2-3-4-5-6-7;/h4*2-6H2,1H3;/q4*-1;+4. The molecule has 0 heterocycles. The summed E-state index contributed by atoms with van der Waals surface area (Å²) in [5.41, 5.74) is 0. The van der Waals surface area contributed by atoms with Crippen molar-refractivity contribution in [2.24, 2.45) is 0 Å². The molecule has 0 aromatic rings. The van der Waals surface area contributed by atoms with E-state index in [0.717, 1.165) is 51.4 Å². The predicted octanol–water partition coefficient (Wildman–Crippen LogP) is 3.71. The van der Waals surface area contributed by atoms with E-state index in [9.17, 15) is 20.4 Å². The Bertz CT molecular complexity index is 140. The van der Waals surface area contributed by atoms with E-state index in [1.807, 2.05) is 0 Å². The molecule has 0 radical (unpaired) electrons. The molecular weight excluding hydrogens is 400 g/mol. The molecule has 0 saturated heterocycles. The molecule has 0 amide bonds. The summed E-state index contributed by atoms with van der Waals surface area (Å²) >= 11 is 0. The molecule has 0 N–H and O–H groups in total. The van der Waals surface area contributed by atoms with Crippen LogP contribution in [0, 0.1) is 0 Å². The summed E-state index contributed by atoms with van der Waals surface area (Å²) in [7, 11) is 0. The molecule has 0 saturated carbocycles. The van der Waals surface area contributed by atoms with Gasteiger partial charge in [-0.1, -0.05) is 130 Å². The fourth-order valence-corrected chi connectivity index (χ4v) is 2.12. The molecule has 0 aliphatic heterocycles. The van der Waals surface area contributed by atoms with Gasteiger partial charge in [0.2, 0.25) is 0 Å². The minimum Gasteiger partial charge on any atom is -0.854 e. The van der Waals surface area contributed by atoms with E-state index in [1.165, 1.54) is 51.4 Å². The van der Waals surface area contributed by atoms with Crippen LogP contribution in [0.2, 0.25) is 0 Å².